The van der Waals surface area contributed by atoms with Crippen molar-refractivity contribution >= 4 is 11.4 Å². The first-order valence-electron chi connectivity index (χ1n) is 6.29. The fraction of sp³-hybridized carbons (Fsp3) is 0.188. The predicted molar refractivity (Wildman–Crippen MR) is 74.8 cm³/mol. The quantitative estimate of drug-likeness (QED) is 0.878. The van der Waals surface area contributed by atoms with E-state index in [1.54, 1.807) is 12.1 Å². The van der Waals surface area contributed by atoms with Crippen molar-refractivity contribution in [1.29, 1.82) is 5.26 Å². The van der Waals surface area contributed by atoms with Crippen LogP contribution in [-0.2, 0) is 6.42 Å². The van der Waals surface area contributed by atoms with Crippen molar-refractivity contribution in [2.75, 3.05) is 5.32 Å². The normalized spacial score (nSPS) is 9.95. The summed E-state index contributed by atoms with van der Waals surface area (Å²) in [6, 6.07) is 14.4. The van der Waals surface area contributed by atoms with E-state index < -0.39 is 5.82 Å². The lowest BCUT2D eigenvalue weighted by atomic mass is 10.1. The topological polar surface area (TPSA) is 35.8 Å². The fourth-order valence-electron chi connectivity index (χ4n) is 1.94. The van der Waals surface area contributed by atoms with Gasteiger partial charge in [0.2, 0.25) is 0 Å². The van der Waals surface area contributed by atoms with Gasteiger partial charge in [0.15, 0.2) is 0 Å². The van der Waals surface area contributed by atoms with Gasteiger partial charge in [-0.05, 0) is 36.2 Å². The highest BCUT2D eigenvalue weighted by Crippen LogP contribution is 2.23. The van der Waals surface area contributed by atoms with Crippen molar-refractivity contribution in [1.82, 2.24) is 0 Å². The zero-order chi connectivity index (χ0) is 13.7. The summed E-state index contributed by atoms with van der Waals surface area (Å²) >= 11 is 0. The molecule has 2 nitrogen and oxygen atoms in total. The van der Waals surface area contributed by atoms with Crippen LogP contribution in [0.5, 0.6) is 0 Å². The summed E-state index contributed by atoms with van der Waals surface area (Å²) in [7, 11) is 0. The van der Waals surface area contributed by atoms with Crippen molar-refractivity contribution in [3.05, 3.63) is 59.4 Å². The Bertz CT molecular complexity index is 597. The van der Waals surface area contributed by atoms with Crippen LogP contribution in [0.2, 0.25) is 0 Å². The highest BCUT2D eigenvalue weighted by molar-refractivity contribution is 5.66. The maximum atomic E-state index is 13.5. The van der Waals surface area contributed by atoms with Crippen LogP contribution < -0.4 is 5.32 Å². The maximum absolute atomic E-state index is 13.5. The van der Waals surface area contributed by atoms with Crippen LogP contribution in [0.4, 0.5) is 15.8 Å². The smallest absolute Gasteiger partial charge is 0.143 e. The molecule has 0 aromatic heterocycles. The molecular formula is C16H15FN2. The summed E-state index contributed by atoms with van der Waals surface area (Å²) in [5.41, 5.74) is 2.65. The number of aryl methyl sites for hydroxylation is 1. The van der Waals surface area contributed by atoms with Crippen LogP contribution in [0.1, 0.15) is 24.5 Å². The van der Waals surface area contributed by atoms with Crippen LogP contribution in [-0.4, -0.2) is 0 Å². The fourth-order valence-corrected chi connectivity index (χ4v) is 1.94. The van der Waals surface area contributed by atoms with E-state index in [0.29, 0.717) is 5.69 Å². The van der Waals surface area contributed by atoms with Gasteiger partial charge in [-0.25, -0.2) is 4.39 Å². The van der Waals surface area contributed by atoms with Crippen LogP contribution in [0.15, 0.2) is 42.5 Å². The molecule has 0 aliphatic carbocycles. The summed E-state index contributed by atoms with van der Waals surface area (Å²) < 4.78 is 13.5. The summed E-state index contributed by atoms with van der Waals surface area (Å²) in [5.74, 6) is -0.505. The van der Waals surface area contributed by atoms with E-state index in [4.69, 9.17) is 5.26 Å². The van der Waals surface area contributed by atoms with Gasteiger partial charge in [-0.2, -0.15) is 5.26 Å². The van der Waals surface area contributed by atoms with Gasteiger partial charge < -0.3 is 5.32 Å². The van der Waals surface area contributed by atoms with Crippen LogP contribution >= 0.6 is 0 Å². The second kappa shape index (κ2) is 6.01. The monoisotopic (exact) mass is 254 g/mol. The van der Waals surface area contributed by atoms with Crippen molar-refractivity contribution in [3.8, 4) is 6.07 Å². The molecule has 0 bridgehead atoms. The van der Waals surface area contributed by atoms with E-state index in [9.17, 15) is 4.39 Å². The van der Waals surface area contributed by atoms with Gasteiger partial charge in [0.25, 0.3) is 0 Å². The molecule has 0 fully saturated rings. The van der Waals surface area contributed by atoms with E-state index in [0.717, 1.165) is 18.5 Å². The highest BCUT2D eigenvalue weighted by Gasteiger charge is 2.07. The first kappa shape index (κ1) is 13.1. The Kier molecular flexibility index (Phi) is 4.15. The van der Waals surface area contributed by atoms with Crippen LogP contribution in [0, 0.1) is 17.1 Å². The third-order valence-electron chi connectivity index (χ3n) is 2.90. The van der Waals surface area contributed by atoms with Gasteiger partial charge in [0.05, 0.1) is 5.69 Å². The lowest BCUT2D eigenvalue weighted by Gasteiger charge is -2.09. The molecule has 19 heavy (non-hydrogen) atoms. The number of nitrogens with one attached hydrogen (secondary N) is 1. The molecular weight excluding hydrogens is 239 g/mol. The average molecular weight is 254 g/mol. The van der Waals surface area contributed by atoms with E-state index in [1.165, 1.54) is 11.6 Å². The van der Waals surface area contributed by atoms with E-state index >= 15 is 0 Å². The minimum absolute atomic E-state index is 0.0418. The number of nitriles is 1. The van der Waals surface area contributed by atoms with Crippen molar-refractivity contribution < 1.29 is 4.39 Å². The van der Waals surface area contributed by atoms with E-state index in [2.05, 4.69) is 12.2 Å². The minimum Gasteiger partial charge on any atom is -0.354 e. The molecule has 0 aliphatic rings. The zero-order valence-electron chi connectivity index (χ0n) is 10.8. The number of anilines is 2. The molecule has 0 spiro atoms. The number of benzene rings is 2. The molecule has 0 atom stereocenters. The summed E-state index contributed by atoms with van der Waals surface area (Å²) in [6.45, 7) is 2.14. The van der Waals surface area contributed by atoms with Gasteiger partial charge in [0, 0.05) is 5.69 Å². The standard InChI is InChI=1S/C16H15FN2/c1-2-4-12-7-9-13(10-8-12)19-16-6-3-5-15(17)14(16)11-18/h3,5-10,19H,2,4H2,1H3. The Balaban J connectivity index is 2.22. The Hall–Kier alpha value is -2.34. The lowest BCUT2D eigenvalue weighted by molar-refractivity contribution is 0.624. The number of halogens is 1. The van der Waals surface area contributed by atoms with E-state index in [1.807, 2.05) is 30.3 Å². The summed E-state index contributed by atoms with van der Waals surface area (Å²) in [6.07, 6.45) is 2.15. The van der Waals surface area contributed by atoms with Crippen molar-refractivity contribution in [2.45, 2.75) is 19.8 Å². The number of hydrogen-bond acceptors (Lipinski definition) is 2. The van der Waals surface area contributed by atoms with Crippen molar-refractivity contribution in [3.63, 3.8) is 0 Å². The van der Waals surface area contributed by atoms with Crippen LogP contribution in [0.25, 0.3) is 0 Å². The van der Waals surface area contributed by atoms with Gasteiger partial charge in [-0.3, -0.25) is 0 Å². The Labute approximate surface area is 112 Å². The third kappa shape index (κ3) is 3.11. The number of rotatable bonds is 4. The molecule has 0 aliphatic heterocycles. The zero-order valence-corrected chi connectivity index (χ0v) is 10.8. The number of hydrogen-bond donors (Lipinski definition) is 1. The molecule has 0 saturated carbocycles. The summed E-state index contributed by atoms with van der Waals surface area (Å²) in [5, 5.41) is 12.0. The molecule has 0 radical (unpaired) electrons. The summed E-state index contributed by atoms with van der Waals surface area (Å²) in [4.78, 5) is 0. The average Bonchev–Trinajstić information content (AvgIpc) is 2.42. The molecule has 96 valence electrons. The molecule has 0 amide bonds. The molecule has 1 N–H and O–H groups in total. The SMILES string of the molecule is CCCc1ccc(Nc2cccc(F)c2C#N)cc1. The van der Waals surface area contributed by atoms with Gasteiger partial charge in [0.1, 0.15) is 17.4 Å². The van der Waals surface area contributed by atoms with Gasteiger partial charge in [-0.1, -0.05) is 31.5 Å². The highest BCUT2D eigenvalue weighted by atomic mass is 19.1. The molecule has 3 heteroatoms. The molecule has 2 aromatic rings. The second-order valence-electron chi connectivity index (χ2n) is 4.35. The minimum atomic E-state index is -0.505. The molecule has 0 saturated heterocycles. The van der Waals surface area contributed by atoms with E-state index in [-0.39, 0.29) is 5.56 Å². The number of nitrogens with zero attached hydrogens (tertiary/aromatic N) is 1. The van der Waals surface area contributed by atoms with Gasteiger partial charge in [-0.15, -0.1) is 0 Å². The first-order chi connectivity index (χ1) is 9.24. The Morgan fingerprint density at radius 3 is 2.53 bits per heavy atom. The molecule has 2 rings (SSSR count). The van der Waals surface area contributed by atoms with Gasteiger partial charge >= 0.3 is 0 Å². The Morgan fingerprint density at radius 1 is 1.16 bits per heavy atom. The maximum Gasteiger partial charge on any atom is 0.143 e. The second-order valence-corrected chi connectivity index (χ2v) is 4.35. The molecule has 0 unspecified atom stereocenters. The largest absolute Gasteiger partial charge is 0.354 e. The third-order valence-corrected chi connectivity index (χ3v) is 2.90. The molecule has 2 aromatic carbocycles. The lowest BCUT2D eigenvalue weighted by Crippen LogP contribution is -1.96. The predicted octanol–water partition coefficient (Wildman–Crippen LogP) is 4.39. The first-order valence-corrected chi connectivity index (χ1v) is 6.29. The Morgan fingerprint density at radius 2 is 1.89 bits per heavy atom. The van der Waals surface area contributed by atoms with Crippen molar-refractivity contribution in [2.24, 2.45) is 0 Å². The van der Waals surface area contributed by atoms with Crippen LogP contribution in [0.3, 0.4) is 0 Å². The molecule has 0 heterocycles.